The first-order valence-corrected chi connectivity index (χ1v) is 8.27. The third-order valence-corrected chi connectivity index (χ3v) is 4.45. The summed E-state index contributed by atoms with van der Waals surface area (Å²) in [6.45, 7) is 2.29. The van der Waals surface area contributed by atoms with Crippen LogP contribution < -0.4 is 10.2 Å². The summed E-state index contributed by atoms with van der Waals surface area (Å²) in [4.78, 5) is 18.7. The van der Waals surface area contributed by atoms with E-state index >= 15 is 0 Å². The van der Waals surface area contributed by atoms with Gasteiger partial charge in [0.15, 0.2) is 0 Å². The molecule has 0 aliphatic carbocycles. The van der Waals surface area contributed by atoms with E-state index in [0.717, 1.165) is 37.2 Å². The van der Waals surface area contributed by atoms with Gasteiger partial charge in [-0.25, -0.2) is 0 Å². The van der Waals surface area contributed by atoms with Crippen LogP contribution in [0.2, 0.25) is 5.02 Å². The zero-order valence-electron chi connectivity index (χ0n) is 12.9. The van der Waals surface area contributed by atoms with Crippen LogP contribution in [0, 0.1) is 5.92 Å². The lowest BCUT2D eigenvalue weighted by Gasteiger charge is -2.33. The molecule has 1 fully saturated rings. The molecule has 1 aliphatic rings. The monoisotopic (exact) mass is 329 g/mol. The van der Waals surface area contributed by atoms with Gasteiger partial charge in [-0.3, -0.25) is 9.78 Å². The number of pyridine rings is 1. The molecule has 1 aromatic carbocycles. The summed E-state index contributed by atoms with van der Waals surface area (Å²) in [5.74, 6) is 0.155. The zero-order valence-corrected chi connectivity index (χ0v) is 13.7. The van der Waals surface area contributed by atoms with Crippen molar-refractivity contribution in [3.05, 3.63) is 59.4 Å². The Morgan fingerprint density at radius 3 is 2.70 bits per heavy atom. The molecule has 1 N–H and O–H groups in total. The average Bonchev–Trinajstić information content (AvgIpc) is 2.62. The smallest absolute Gasteiger partial charge is 0.225 e. The second kappa shape index (κ2) is 7.47. The zero-order chi connectivity index (χ0) is 16.1. The summed E-state index contributed by atoms with van der Waals surface area (Å²) < 4.78 is 0. The van der Waals surface area contributed by atoms with Gasteiger partial charge in [0.05, 0.1) is 5.92 Å². The van der Waals surface area contributed by atoms with Gasteiger partial charge in [0.2, 0.25) is 5.91 Å². The van der Waals surface area contributed by atoms with Crippen LogP contribution in [0.15, 0.2) is 48.8 Å². The Morgan fingerprint density at radius 1 is 1.22 bits per heavy atom. The minimum atomic E-state index is 0.0317. The quantitative estimate of drug-likeness (QED) is 0.936. The van der Waals surface area contributed by atoms with E-state index in [1.807, 2.05) is 36.4 Å². The van der Waals surface area contributed by atoms with Crippen LogP contribution in [-0.2, 0) is 11.3 Å². The lowest BCUT2D eigenvalue weighted by molar-refractivity contribution is -0.125. The Labute approximate surface area is 141 Å². The Kier molecular flexibility index (Phi) is 5.13. The Hall–Kier alpha value is -2.07. The predicted molar refractivity (Wildman–Crippen MR) is 92.5 cm³/mol. The fourth-order valence-corrected chi connectivity index (χ4v) is 3.04. The maximum Gasteiger partial charge on any atom is 0.225 e. The van der Waals surface area contributed by atoms with E-state index in [4.69, 9.17) is 11.6 Å². The Bertz CT molecular complexity index is 645. The molecule has 5 heteroatoms. The highest BCUT2D eigenvalue weighted by molar-refractivity contribution is 6.30. The van der Waals surface area contributed by atoms with Crippen molar-refractivity contribution in [3.8, 4) is 0 Å². The van der Waals surface area contributed by atoms with E-state index in [2.05, 4.69) is 15.2 Å². The summed E-state index contributed by atoms with van der Waals surface area (Å²) in [6.07, 6.45) is 5.55. The van der Waals surface area contributed by atoms with Crippen molar-refractivity contribution in [2.75, 3.05) is 18.0 Å². The number of nitrogens with one attached hydrogen (secondary N) is 1. The third kappa shape index (κ3) is 4.23. The molecule has 4 nitrogen and oxygen atoms in total. The van der Waals surface area contributed by atoms with Gasteiger partial charge in [0.25, 0.3) is 0 Å². The molecule has 1 aliphatic heterocycles. The standard InChI is InChI=1S/C18H20ClN3O/c19-16-5-3-14(4-6-16)12-21-18(23)15-2-1-11-22(13-15)17-7-9-20-10-8-17/h3-10,15H,1-2,11-13H2,(H,21,23)/t15-/m1/s1. The normalized spacial score (nSPS) is 17.8. The number of benzene rings is 1. The van der Waals surface area contributed by atoms with E-state index in [0.29, 0.717) is 11.6 Å². The summed E-state index contributed by atoms with van der Waals surface area (Å²) >= 11 is 5.87. The molecule has 1 aromatic heterocycles. The molecule has 0 radical (unpaired) electrons. The number of amides is 1. The Balaban J connectivity index is 1.55. The molecular weight excluding hydrogens is 310 g/mol. The van der Waals surface area contributed by atoms with Crippen LogP contribution in [0.1, 0.15) is 18.4 Å². The number of piperidine rings is 1. The molecule has 0 bridgehead atoms. The van der Waals surface area contributed by atoms with Crippen LogP contribution in [0.25, 0.3) is 0 Å². The number of carbonyl (C=O) groups is 1. The second-order valence-electron chi connectivity index (χ2n) is 5.83. The minimum Gasteiger partial charge on any atom is -0.371 e. The predicted octanol–water partition coefficient (Wildman–Crippen LogP) is 3.27. The van der Waals surface area contributed by atoms with Crippen molar-refractivity contribution in [1.29, 1.82) is 0 Å². The van der Waals surface area contributed by atoms with Crippen molar-refractivity contribution in [2.45, 2.75) is 19.4 Å². The first-order valence-electron chi connectivity index (χ1n) is 7.89. The van der Waals surface area contributed by atoms with Gasteiger partial charge in [0, 0.05) is 42.7 Å². The van der Waals surface area contributed by atoms with E-state index in [-0.39, 0.29) is 11.8 Å². The molecule has 0 unspecified atom stereocenters. The summed E-state index contributed by atoms with van der Waals surface area (Å²) in [5.41, 5.74) is 2.19. The summed E-state index contributed by atoms with van der Waals surface area (Å²) in [7, 11) is 0. The van der Waals surface area contributed by atoms with E-state index in [9.17, 15) is 4.79 Å². The topological polar surface area (TPSA) is 45.2 Å². The number of aromatic nitrogens is 1. The van der Waals surface area contributed by atoms with E-state index in [1.54, 1.807) is 12.4 Å². The van der Waals surface area contributed by atoms with Gasteiger partial charge in [-0.05, 0) is 42.7 Å². The lowest BCUT2D eigenvalue weighted by Crippen LogP contribution is -2.43. The largest absolute Gasteiger partial charge is 0.371 e. The van der Waals surface area contributed by atoms with E-state index < -0.39 is 0 Å². The summed E-state index contributed by atoms with van der Waals surface area (Å²) in [5, 5.41) is 3.75. The number of carbonyl (C=O) groups excluding carboxylic acids is 1. The van der Waals surface area contributed by atoms with Gasteiger partial charge < -0.3 is 10.2 Å². The highest BCUT2D eigenvalue weighted by Crippen LogP contribution is 2.22. The number of nitrogens with zero attached hydrogens (tertiary/aromatic N) is 2. The van der Waals surface area contributed by atoms with Crippen molar-refractivity contribution in [3.63, 3.8) is 0 Å². The fourth-order valence-electron chi connectivity index (χ4n) is 2.92. The molecule has 0 spiro atoms. The van der Waals surface area contributed by atoms with Crippen LogP contribution in [0.5, 0.6) is 0 Å². The number of rotatable bonds is 4. The number of hydrogen-bond donors (Lipinski definition) is 1. The molecule has 23 heavy (non-hydrogen) atoms. The van der Waals surface area contributed by atoms with Crippen molar-refractivity contribution in [1.82, 2.24) is 10.3 Å². The number of halogens is 1. The van der Waals surface area contributed by atoms with Gasteiger partial charge in [0.1, 0.15) is 0 Å². The maximum absolute atomic E-state index is 12.4. The molecule has 3 rings (SSSR count). The third-order valence-electron chi connectivity index (χ3n) is 4.20. The molecule has 120 valence electrons. The summed E-state index contributed by atoms with van der Waals surface area (Å²) in [6, 6.07) is 11.5. The van der Waals surface area contributed by atoms with Crippen molar-refractivity contribution in [2.24, 2.45) is 5.92 Å². The first-order chi connectivity index (χ1) is 11.2. The van der Waals surface area contributed by atoms with Crippen LogP contribution in [-0.4, -0.2) is 24.0 Å². The molecule has 1 atom stereocenters. The lowest BCUT2D eigenvalue weighted by atomic mass is 9.96. The van der Waals surface area contributed by atoms with Gasteiger partial charge in [-0.1, -0.05) is 23.7 Å². The average molecular weight is 330 g/mol. The molecule has 1 saturated heterocycles. The molecule has 2 heterocycles. The van der Waals surface area contributed by atoms with Gasteiger partial charge in [-0.2, -0.15) is 0 Å². The van der Waals surface area contributed by atoms with Crippen molar-refractivity contribution < 1.29 is 4.79 Å². The van der Waals surface area contributed by atoms with E-state index in [1.165, 1.54) is 0 Å². The van der Waals surface area contributed by atoms with Crippen LogP contribution >= 0.6 is 11.6 Å². The van der Waals surface area contributed by atoms with Gasteiger partial charge >= 0.3 is 0 Å². The van der Waals surface area contributed by atoms with Crippen molar-refractivity contribution >= 4 is 23.2 Å². The van der Waals surface area contributed by atoms with Crippen LogP contribution in [0.4, 0.5) is 5.69 Å². The second-order valence-corrected chi connectivity index (χ2v) is 6.27. The molecule has 2 aromatic rings. The molecular formula is C18H20ClN3O. The van der Waals surface area contributed by atoms with Gasteiger partial charge in [-0.15, -0.1) is 0 Å². The number of hydrogen-bond acceptors (Lipinski definition) is 3. The molecule has 0 saturated carbocycles. The fraction of sp³-hybridized carbons (Fsp3) is 0.333. The maximum atomic E-state index is 12.4. The SMILES string of the molecule is O=C(NCc1ccc(Cl)cc1)[C@@H]1CCCN(c2ccncc2)C1. The minimum absolute atomic E-state index is 0.0317. The first kappa shape index (κ1) is 15.8. The highest BCUT2D eigenvalue weighted by Gasteiger charge is 2.25. The highest BCUT2D eigenvalue weighted by atomic mass is 35.5. The Morgan fingerprint density at radius 2 is 1.96 bits per heavy atom. The molecule has 1 amide bonds. The van der Waals surface area contributed by atoms with Crippen LogP contribution in [0.3, 0.4) is 0 Å². The number of anilines is 1.